The number of rotatable bonds is 5. The standard InChI is InChI=1S/C12H15NO3/c1-2-9-16-12(15)13-8-7-10-3-5-11(14)6-4-10/h2-6,14H,1,7-9H2,(H,13,15). The van der Waals surface area contributed by atoms with Crippen molar-refractivity contribution in [2.75, 3.05) is 13.2 Å². The van der Waals surface area contributed by atoms with Crippen LogP contribution in [0.4, 0.5) is 4.79 Å². The van der Waals surface area contributed by atoms with Crippen molar-refractivity contribution in [2.24, 2.45) is 0 Å². The molecule has 0 radical (unpaired) electrons. The van der Waals surface area contributed by atoms with E-state index < -0.39 is 6.09 Å². The molecular weight excluding hydrogens is 206 g/mol. The van der Waals surface area contributed by atoms with E-state index in [1.165, 1.54) is 6.08 Å². The summed E-state index contributed by atoms with van der Waals surface area (Å²) in [6.07, 6.45) is 1.77. The average Bonchev–Trinajstić information content (AvgIpc) is 2.29. The van der Waals surface area contributed by atoms with Gasteiger partial charge in [-0.05, 0) is 24.1 Å². The number of alkyl carbamates (subject to hydrolysis) is 1. The molecule has 1 aromatic carbocycles. The summed E-state index contributed by atoms with van der Waals surface area (Å²) in [4.78, 5) is 11.0. The van der Waals surface area contributed by atoms with Crippen molar-refractivity contribution >= 4 is 6.09 Å². The first kappa shape index (κ1) is 12.1. The molecule has 2 N–H and O–H groups in total. The number of hydrogen-bond acceptors (Lipinski definition) is 3. The van der Waals surface area contributed by atoms with Crippen molar-refractivity contribution in [1.29, 1.82) is 0 Å². The molecule has 0 fully saturated rings. The summed E-state index contributed by atoms with van der Waals surface area (Å²) in [5, 5.41) is 11.7. The second-order valence-electron chi connectivity index (χ2n) is 3.23. The fourth-order valence-corrected chi connectivity index (χ4v) is 1.16. The Hall–Kier alpha value is -1.97. The summed E-state index contributed by atoms with van der Waals surface area (Å²) in [7, 11) is 0. The van der Waals surface area contributed by atoms with E-state index in [1.807, 2.05) is 12.1 Å². The number of carbonyl (C=O) groups is 1. The molecule has 4 nitrogen and oxygen atoms in total. The molecule has 0 aromatic heterocycles. The second kappa shape index (κ2) is 6.50. The van der Waals surface area contributed by atoms with Crippen molar-refractivity contribution in [3.8, 4) is 5.75 Å². The van der Waals surface area contributed by atoms with Crippen LogP contribution in [-0.4, -0.2) is 24.4 Å². The molecule has 1 aromatic rings. The highest BCUT2D eigenvalue weighted by Crippen LogP contribution is 2.09. The number of hydrogen-bond donors (Lipinski definition) is 2. The molecule has 0 atom stereocenters. The normalized spacial score (nSPS) is 9.50. The number of carbonyl (C=O) groups excluding carboxylic acids is 1. The molecular formula is C12H15NO3. The van der Waals surface area contributed by atoms with Gasteiger partial charge in [-0.15, -0.1) is 0 Å². The Morgan fingerprint density at radius 1 is 1.44 bits per heavy atom. The van der Waals surface area contributed by atoms with E-state index in [1.54, 1.807) is 12.1 Å². The quantitative estimate of drug-likeness (QED) is 0.746. The van der Waals surface area contributed by atoms with Gasteiger partial charge in [-0.1, -0.05) is 24.8 Å². The highest BCUT2D eigenvalue weighted by molar-refractivity contribution is 5.67. The van der Waals surface area contributed by atoms with Crippen LogP contribution < -0.4 is 5.32 Å². The van der Waals surface area contributed by atoms with Gasteiger partial charge in [0, 0.05) is 6.54 Å². The zero-order chi connectivity index (χ0) is 11.8. The largest absolute Gasteiger partial charge is 0.508 e. The van der Waals surface area contributed by atoms with E-state index in [0.717, 1.165) is 5.56 Å². The first-order valence-corrected chi connectivity index (χ1v) is 5.02. The summed E-state index contributed by atoms with van der Waals surface area (Å²) in [5.41, 5.74) is 1.04. The number of benzene rings is 1. The molecule has 0 spiro atoms. The number of nitrogens with one attached hydrogen (secondary N) is 1. The Labute approximate surface area is 94.6 Å². The fraction of sp³-hybridized carbons (Fsp3) is 0.250. The Bertz CT molecular complexity index is 346. The van der Waals surface area contributed by atoms with Crippen LogP contribution in [0.1, 0.15) is 5.56 Å². The second-order valence-corrected chi connectivity index (χ2v) is 3.23. The topological polar surface area (TPSA) is 58.6 Å². The predicted molar refractivity (Wildman–Crippen MR) is 61.4 cm³/mol. The Balaban J connectivity index is 2.22. The van der Waals surface area contributed by atoms with E-state index in [9.17, 15) is 4.79 Å². The van der Waals surface area contributed by atoms with Crippen molar-refractivity contribution < 1.29 is 14.6 Å². The maximum absolute atomic E-state index is 11.0. The third-order valence-electron chi connectivity index (χ3n) is 1.95. The third-order valence-corrected chi connectivity index (χ3v) is 1.95. The van der Waals surface area contributed by atoms with Gasteiger partial charge in [-0.2, -0.15) is 0 Å². The zero-order valence-electron chi connectivity index (χ0n) is 8.98. The van der Waals surface area contributed by atoms with Crippen LogP contribution in [0, 0.1) is 0 Å². The van der Waals surface area contributed by atoms with Gasteiger partial charge in [0.15, 0.2) is 0 Å². The van der Waals surface area contributed by atoms with E-state index in [-0.39, 0.29) is 12.4 Å². The van der Waals surface area contributed by atoms with Gasteiger partial charge in [0.2, 0.25) is 0 Å². The van der Waals surface area contributed by atoms with Crippen LogP contribution in [0.2, 0.25) is 0 Å². The number of phenolic OH excluding ortho intramolecular Hbond substituents is 1. The first-order chi connectivity index (χ1) is 7.72. The minimum absolute atomic E-state index is 0.213. The lowest BCUT2D eigenvalue weighted by atomic mass is 10.1. The molecule has 16 heavy (non-hydrogen) atoms. The van der Waals surface area contributed by atoms with Gasteiger partial charge in [0.1, 0.15) is 12.4 Å². The van der Waals surface area contributed by atoms with Gasteiger partial charge in [0.25, 0.3) is 0 Å². The van der Waals surface area contributed by atoms with E-state index >= 15 is 0 Å². The zero-order valence-corrected chi connectivity index (χ0v) is 8.98. The van der Waals surface area contributed by atoms with Crippen LogP contribution >= 0.6 is 0 Å². The van der Waals surface area contributed by atoms with Crippen LogP contribution in [0.5, 0.6) is 5.75 Å². The molecule has 4 heteroatoms. The molecule has 0 aliphatic heterocycles. The molecule has 0 aliphatic rings. The summed E-state index contributed by atoms with van der Waals surface area (Å²) in [5.74, 6) is 0.238. The molecule has 86 valence electrons. The molecule has 0 unspecified atom stereocenters. The molecule has 0 saturated carbocycles. The first-order valence-electron chi connectivity index (χ1n) is 5.02. The molecule has 1 rings (SSSR count). The number of aromatic hydroxyl groups is 1. The van der Waals surface area contributed by atoms with Crippen molar-refractivity contribution in [2.45, 2.75) is 6.42 Å². The Kier molecular flexibility index (Phi) is 4.92. The van der Waals surface area contributed by atoms with E-state index in [2.05, 4.69) is 11.9 Å². The van der Waals surface area contributed by atoms with E-state index in [4.69, 9.17) is 9.84 Å². The van der Waals surface area contributed by atoms with Gasteiger partial charge in [-0.3, -0.25) is 0 Å². The maximum Gasteiger partial charge on any atom is 0.407 e. The van der Waals surface area contributed by atoms with Crippen molar-refractivity contribution in [3.05, 3.63) is 42.5 Å². The van der Waals surface area contributed by atoms with Crippen LogP contribution in [0.25, 0.3) is 0 Å². The minimum Gasteiger partial charge on any atom is -0.508 e. The van der Waals surface area contributed by atoms with Crippen molar-refractivity contribution in [1.82, 2.24) is 5.32 Å². The summed E-state index contributed by atoms with van der Waals surface area (Å²) < 4.78 is 4.74. The lowest BCUT2D eigenvalue weighted by Gasteiger charge is -2.05. The number of amides is 1. The summed E-state index contributed by atoms with van der Waals surface area (Å²) in [6.45, 7) is 4.15. The molecule has 0 saturated heterocycles. The number of phenols is 1. The smallest absolute Gasteiger partial charge is 0.407 e. The van der Waals surface area contributed by atoms with Crippen LogP contribution in [-0.2, 0) is 11.2 Å². The Morgan fingerprint density at radius 2 is 2.12 bits per heavy atom. The van der Waals surface area contributed by atoms with Crippen LogP contribution in [0.15, 0.2) is 36.9 Å². The van der Waals surface area contributed by atoms with Crippen molar-refractivity contribution in [3.63, 3.8) is 0 Å². The van der Waals surface area contributed by atoms with E-state index in [0.29, 0.717) is 13.0 Å². The minimum atomic E-state index is -0.446. The number of ether oxygens (including phenoxy) is 1. The molecule has 0 aliphatic carbocycles. The lowest BCUT2D eigenvalue weighted by molar-refractivity contribution is 0.158. The average molecular weight is 221 g/mol. The highest BCUT2D eigenvalue weighted by Gasteiger charge is 1.99. The molecule has 1 amide bonds. The maximum atomic E-state index is 11.0. The van der Waals surface area contributed by atoms with Crippen LogP contribution in [0.3, 0.4) is 0 Å². The molecule has 0 bridgehead atoms. The fourth-order valence-electron chi connectivity index (χ4n) is 1.16. The lowest BCUT2D eigenvalue weighted by Crippen LogP contribution is -2.26. The van der Waals surface area contributed by atoms with Gasteiger partial charge in [0.05, 0.1) is 0 Å². The van der Waals surface area contributed by atoms with Gasteiger partial charge in [-0.25, -0.2) is 4.79 Å². The monoisotopic (exact) mass is 221 g/mol. The molecule has 0 heterocycles. The predicted octanol–water partition coefficient (Wildman–Crippen LogP) is 1.85. The highest BCUT2D eigenvalue weighted by atomic mass is 16.5. The van der Waals surface area contributed by atoms with Gasteiger partial charge < -0.3 is 15.2 Å². The van der Waals surface area contributed by atoms with Gasteiger partial charge >= 0.3 is 6.09 Å². The Morgan fingerprint density at radius 3 is 2.75 bits per heavy atom. The third kappa shape index (κ3) is 4.50. The SMILES string of the molecule is C=CCOC(=O)NCCc1ccc(O)cc1. The summed E-state index contributed by atoms with van der Waals surface area (Å²) in [6, 6.07) is 6.86. The summed E-state index contributed by atoms with van der Waals surface area (Å²) >= 11 is 0.